The fraction of sp³-hybridized carbons (Fsp3) is 0.174. The molecule has 3 aromatic carbocycles. The molecule has 1 unspecified atom stereocenters. The average Bonchev–Trinajstić information content (AvgIpc) is 2.77. The van der Waals surface area contributed by atoms with Crippen molar-refractivity contribution in [2.75, 3.05) is 21.3 Å². The van der Waals surface area contributed by atoms with E-state index >= 15 is 0 Å². The van der Waals surface area contributed by atoms with Crippen LogP contribution in [0.3, 0.4) is 0 Å². The highest BCUT2D eigenvalue weighted by atomic mass is 16.5. The van der Waals surface area contributed by atoms with E-state index in [1.165, 1.54) is 14.2 Å². The summed E-state index contributed by atoms with van der Waals surface area (Å²) < 4.78 is 16.0. The summed E-state index contributed by atoms with van der Waals surface area (Å²) in [4.78, 5) is 29.9. The molecule has 152 valence electrons. The van der Waals surface area contributed by atoms with Crippen molar-refractivity contribution < 1.29 is 28.9 Å². The minimum atomic E-state index is -1.42. The second-order valence-electron chi connectivity index (χ2n) is 6.72. The zero-order valence-corrected chi connectivity index (χ0v) is 16.6. The number of rotatable bonds is 5. The number of Topliss-reactive ketones (excluding diaryl/α,β-unsaturated/α-hetero) is 1. The normalized spacial score (nSPS) is 15.4. The summed E-state index contributed by atoms with van der Waals surface area (Å²) in [6.07, 6.45) is 0. The molecule has 0 bridgehead atoms. The van der Waals surface area contributed by atoms with E-state index in [0.29, 0.717) is 33.9 Å². The molecule has 1 heterocycles. The van der Waals surface area contributed by atoms with Gasteiger partial charge in [0.25, 0.3) is 0 Å². The molecule has 7 heteroatoms. The van der Waals surface area contributed by atoms with Crippen molar-refractivity contribution in [2.24, 2.45) is 10.9 Å². The number of carboxylic acids is 1. The van der Waals surface area contributed by atoms with E-state index in [-0.39, 0.29) is 11.3 Å². The second kappa shape index (κ2) is 7.51. The number of aliphatic imine (C=N–C) groups is 1. The lowest BCUT2D eigenvalue weighted by atomic mass is 9.84. The fourth-order valence-corrected chi connectivity index (χ4v) is 3.73. The summed E-state index contributed by atoms with van der Waals surface area (Å²) in [7, 11) is 4.56. The Balaban J connectivity index is 2.01. The van der Waals surface area contributed by atoms with Gasteiger partial charge in [-0.15, -0.1) is 0 Å². The number of ketones is 1. The molecule has 0 aromatic heterocycles. The van der Waals surface area contributed by atoms with Crippen molar-refractivity contribution in [1.82, 2.24) is 0 Å². The van der Waals surface area contributed by atoms with Crippen LogP contribution in [0.2, 0.25) is 0 Å². The van der Waals surface area contributed by atoms with Gasteiger partial charge >= 0.3 is 5.97 Å². The third-order valence-corrected chi connectivity index (χ3v) is 5.17. The number of ether oxygens (including phenoxy) is 3. The molecule has 30 heavy (non-hydrogen) atoms. The van der Waals surface area contributed by atoms with E-state index in [1.54, 1.807) is 43.5 Å². The SMILES string of the molecule is COc1ccc(C2=Nc3c(ccc4c(OC)cccc34)C(=O)C2C(=O)O)cc1OC. The van der Waals surface area contributed by atoms with Crippen LogP contribution >= 0.6 is 0 Å². The minimum Gasteiger partial charge on any atom is -0.496 e. The maximum atomic E-state index is 13.2. The number of nitrogens with zero attached hydrogens (tertiary/aromatic N) is 1. The maximum Gasteiger partial charge on any atom is 0.320 e. The Morgan fingerprint density at radius 3 is 2.30 bits per heavy atom. The predicted molar refractivity (Wildman–Crippen MR) is 112 cm³/mol. The molecular formula is C23H19NO6. The number of aliphatic carboxylic acids is 1. The summed E-state index contributed by atoms with van der Waals surface area (Å²) >= 11 is 0. The van der Waals surface area contributed by atoms with E-state index in [9.17, 15) is 14.7 Å². The Kier molecular flexibility index (Phi) is 4.87. The van der Waals surface area contributed by atoms with E-state index < -0.39 is 17.7 Å². The van der Waals surface area contributed by atoms with Crippen LogP contribution in [0.4, 0.5) is 5.69 Å². The Labute approximate surface area is 172 Å². The lowest BCUT2D eigenvalue weighted by Gasteiger charge is -2.23. The molecule has 3 aromatic rings. The highest BCUT2D eigenvalue weighted by molar-refractivity contribution is 6.33. The van der Waals surface area contributed by atoms with Gasteiger partial charge in [-0.2, -0.15) is 0 Å². The highest BCUT2D eigenvalue weighted by Gasteiger charge is 2.38. The number of methoxy groups -OCH3 is 3. The third-order valence-electron chi connectivity index (χ3n) is 5.17. The molecule has 0 spiro atoms. The average molecular weight is 405 g/mol. The van der Waals surface area contributed by atoms with Crippen LogP contribution in [0.15, 0.2) is 53.5 Å². The van der Waals surface area contributed by atoms with Crippen LogP contribution in [-0.2, 0) is 4.79 Å². The Hall–Kier alpha value is -3.87. The van der Waals surface area contributed by atoms with Crippen molar-refractivity contribution >= 4 is 33.9 Å². The van der Waals surface area contributed by atoms with Gasteiger partial charge in [-0.1, -0.05) is 12.1 Å². The topological polar surface area (TPSA) is 94.4 Å². The second-order valence-corrected chi connectivity index (χ2v) is 6.72. The van der Waals surface area contributed by atoms with Crippen LogP contribution < -0.4 is 14.2 Å². The van der Waals surface area contributed by atoms with Crippen molar-refractivity contribution in [2.45, 2.75) is 0 Å². The summed E-state index contributed by atoms with van der Waals surface area (Å²) in [6, 6.07) is 13.8. The first-order valence-electron chi connectivity index (χ1n) is 9.17. The minimum absolute atomic E-state index is 0.149. The van der Waals surface area contributed by atoms with Gasteiger partial charge in [0.1, 0.15) is 5.75 Å². The monoisotopic (exact) mass is 405 g/mol. The first kappa shape index (κ1) is 19.4. The number of carbonyl (C=O) groups is 2. The van der Waals surface area contributed by atoms with Crippen LogP contribution in [0, 0.1) is 5.92 Å². The molecule has 4 rings (SSSR count). The van der Waals surface area contributed by atoms with E-state index in [1.807, 2.05) is 12.1 Å². The van der Waals surface area contributed by atoms with Gasteiger partial charge in [0.15, 0.2) is 23.2 Å². The number of benzene rings is 3. The van der Waals surface area contributed by atoms with E-state index in [0.717, 1.165) is 5.39 Å². The van der Waals surface area contributed by atoms with Gasteiger partial charge < -0.3 is 19.3 Å². The summed E-state index contributed by atoms with van der Waals surface area (Å²) in [5.74, 6) is -1.64. The fourth-order valence-electron chi connectivity index (χ4n) is 3.73. The lowest BCUT2D eigenvalue weighted by Crippen LogP contribution is -2.35. The Morgan fingerprint density at radius 2 is 1.63 bits per heavy atom. The van der Waals surface area contributed by atoms with Crippen LogP contribution in [0.5, 0.6) is 17.2 Å². The van der Waals surface area contributed by atoms with Crippen LogP contribution in [-0.4, -0.2) is 43.9 Å². The smallest absolute Gasteiger partial charge is 0.320 e. The van der Waals surface area contributed by atoms with Crippen LogP contribution in [0.25, 0.3) is 10.8 Å². The molecule has 0 saturated carbocycles. The Morgan fingerprint density at radius 1 is 0.900 bits per heavy atom. The van der Waals surface area contributed by atoms with E-state index in [4.69, 9.17) is 14.2 Å². The van der Waals surface area contributed by atoms with Crippen molar-refractivity contribution in [1.29, 1.82) is 0 Å². The highest BCUT2D eigenvalue weighted by Crippen LogP contribution is 2.40. The van der Waals surface area contributed by atoms with Crippen molar-refractivity contribution in [3.05, 3.63) is 59.7 Å². The van der Waals surface area contributed by atoms with Crippen molar-refractivity contribution in [3.8, 4) is 17.2 Å². The Bertz CT molecular complexity index is 1210. The third kappa shape index (κ3) is 2.95. The zero-order chi connectivity index (χ0) is 21.4. The molecule has 0 fully saturated rings. The van der Waals surface area contributed by atoms with E-state index in [2.05, 4.69) is 4.99 Å². The molecule has 0 radical (unpaired) electrons. The standard InChI is InChI=1S/C23H19NO6/c1-28-16-6-4-5-14-13(16)8-9-15-21(14)24-20(19(22(15)25)23(26)27)12-7-10-17(29-2)18(11-12)30-3/h4-11,19H,1-3H3,(H,26,27). The first-order valence-corrected chi connectivity index (χ1v) is 9.17. The molecule has 1 aliphatic rings. The summed E-state index contributed by atoms with van der Waals surface area (Å²) in [5.41, 5.74) is 1.32. The molecule has 0 saturated heterocycles. The molecule has 0 amide bonds. The van der Waals surface area contributed by atoms with Gasteiger partial charge in [-0.05, 0) is 36.4 Å². The number of carboxylic acid groups (broad SMARTS) is 1. The number of hydrogen-bond acceptors (Lipinski definition) is 6. The summed E-state index contributed by atoms with van der Waals surface area (Å²) in [6.45, 7) is 0. The maximum absolute atomic E-state index is 13.2. The van der Waals surface area contributed by atoms with Crippen molar-refractivity contribution in [3.63, 3.8) is 0 Å². The first-order chi connectivity index (χ1) is 14.5. The quantitative estimate of drug-likeness (QED) is 0.648. The zero-order valence-electron chi connectivity index (χ0n) is 16.6. The lowest BCUT2D eigenvalue weighted by molar-refractivity contribution is -0.137. The number of carbonyl (C=O) groups excluding carboxylic acids is 1. The van der Waals surface area contributed by atoms with Gasteiger partial charge in [-0.25, -0.2) is 0 Å². The summed E-state index contributed by atoms with van der Waals surface area (Å²) in [5, 5.41) is 11.3. The number of hydrogen-bond donors (Lipinski definition) is 1. The van der Waals surface area contributed by atoms with Crippen LogP contribution in [0.1, 0.15) is 15.9 Å². The van der Waals surface area contributed by atoms with Gasteiger partial charge in [0, 0.05) is 21.9 Å². The van der Waals surface area contributed by atoms with Gasteiger partial charge in [-0.3, -0.25) is 14.6 Å². The molecule has 1 atom stereocenters. The van der Waals surface area contributed by atoms with Gasteiger partial charge in [0.05, 0.1) is 32.7 Å². The molecule has 1 aliphatic heterocycles. The molecule has 7 nitrogen and oxygen atoms in total. The van der Waals surface area contributed by atoms with Gasteiger partial charge in [0.2, 0.25) is 0 Å². The largest absolute Gasteiger partial charge is 0.496 e. The molecule has 1 N–H and O–H groups in total. The molecule has 0 aliphatic carbocycles. The number of fused-ring (bicyclic) bond motifs is 3. The predicted octanol–water partition coefficient (Wildman–Crippen LogP) is 3.88. The molecular weight excluding hydrogens is 386 g/mol.